The lowest BCUT2D eigenvalue weighted by atomic mass is 10.1. The summed E-state index contributed by atoms with van der Waals surface area (Å²) in [5, 5.41) is 10.5. The largest absolute Gasteiger partial charge is 0.465 e. The summed E-state index contributed by atoms with van der Waals surface area (Å²) in [6.07, 6.45) is 0. The smallest absolute Gasteiger partial charge is 0.337 e. The van der Waals surface area contributed by atoms with Crippen LogP contribution < -0.4 is 10.6 Å². The number of anilines is 1. The molecule has 0 spiro atoms. The van der Waals surface area contributed by atoms with Gasteiger partial charge in [-0.25, -0.2) is 4.79 Å². The number of ether oxygens (including phenoxy) is 1. The quantitative estimate of drug-likeness (QED) is 0.499. The van der Waals surface area contributed by atoms with Crippen LogP contribution in [0.1, 0.15) is 27.4 Å². The minimum absolute atomic E-state index is 0.278. The van der Waals surface area contributed by atoms with Crippen LogP contribution in [-0.2, 0) is 11.3 Å². The third kappa shape index (κ3) is 4.72. The predicted octanol–water partition coefficient (Wildman–Crippen LogP) is 3.63. The Morgan fingerprint density at radius 1 is 1.18 bits per heavy atom. The third-order valence-electron chi connectivity index (χ3n) is 4.08. The number of carbonyl (C=O) groups is 1. The lowest BCUT2D eigenvalue weighted by Gasteiger charge is -2.12. The van der Waals surface area contributed by atoms with Gasteiger partial charge < -0.3 is 19.9 Å². The first-order valence-electron chi connectivity index (χ1n) is 8.59. The summed E-state index contributed by atoms with van der Waals surface area (Å²) in [6, 6.07) is 13.1. The molecule has 3 rings (SSSR count). The molecular formula is C20H20N4O3S. The van der Waals surface area contributed by atoms with Gasteiger partial charge in [-0.3, -0.25) is 0 Å². The van der Waals surface area contributed by atoms with Crippen molar-refractivity contribution in [2.24, 2.45) is 0 Å². The Morgan fingerprint density at radius 2 is 1.93 bits per heavy atom. The number of aryl methyl sites for hydroxylation is 2. The van der Waals surface area contributed by atoms with Crippen molar-refractivity contribution in [2.75, 3.05) is 12.4 Å². The molecule has 28 heavy (non-hydrogen) atoms. The number of benzene rings is 2. The van der Waals surface area contributed by atoms with Crippen molar-refractivity contribution in [1.29, 1.82) is 0 Å². The molecule has 2 N–H and O–H groups in total. The molecule has 0 radical (unpaired) electrons. The minimum atomic E-state index is -0.406. The molecule has 144 valence electrons. The Kier molecular flexibility index (Phi) is 6.00. The maximum atomic E-state index is 11.7. The maximum absolute atomic E-state index is 11.7. The molecule has 0 saturated carbocycles. The Balaban J connectivity index is 1.61. The molecule has 0 unspecified atom stereocenters. The van der Waals surface area contributed by atoms with E-state index in [1.54, 1.807) is 12.1 Å². The number of methoxy groups -OCH3 is 1. The Hall–Kier alpha value is -3.26. The molecule has 1 heterocycles. The molecule has 7 nitrogen and oxygen atoms in total. The van der Waals surface area contributed by atoms with Crippen LogP contribution in [0.5, 0.6) is 0 Å². The van der Waals surface area contributed by atoms with Crippen molar-refractivity contribution < 1.29 is 14.1 Å². The first-order valence-corrected chi connectivity index (χ1v) is 9.00. The molecule has 0 bridgehead atoms. The molecule has 1 aromatic heterocycles. The average molecular weight is 396 g/mol. The Morgan fingerprint density at radius 3 is 2.64 bits per heavy atom. The number of hydrogen-bond acceptors (Lipinski definition) is 6. The molecule has 0 saturated heterocycles. The van der Waals surface area contributed by atoms with Gasteiger partial charge >= 0.3 is 5.97 Å². The molecule has 8 heteroatoms. The number of aromatic nitrogens is 2. The van der Waals surface area contributed by atoms with E-state index in [2.05, 4.69) is 20.8 Å². The van der Waals surface area contributed by atoms with E-state index in [1.165, 1.54) is 7.11 Å². The fourth-order valence-corrected chi connectivity index (χ4v) is 2.65. The molecule has 0 aliphatic carbocycles. The summed E-state index contributed by atoms with van der Waals surface area (Å²) in [5.41, 5.74) is 4.15. The van der Waals surface area contributed by atoms with Crippen molar-refractivity contribution in [1.82, 2.24) is 15.5 Å². The van der Waals surface area contributed by atoms with Gasteiger partial charge in [0.15, 0.2) is 5.11 Å². The minimum Gasteiger partial charge on any atom is -0.465 e. The third-order valence-corrected chi connectivity index (χ3v) is 4.33. The van der Waals surface area contributed by atoms with Gasteiger partial charge in [0.25, 0.3) is 0 Å². The number of thiocarbonyl (C=S) groups is 1. The van der Waals surface area contributed by atoms with Crippen LogP contribution in [0.25, 0.3) is 11.4 Å². The zero-order valence-corrected chi connectivity index (χ0v) is 16.6. The van der Waals surface area contributed by atoms with Gasteiger partial charge in [0, 0.05) is 11.3 Å². The molecule has 0 aliphatic heterocycles. The van der Waals surface area contributed by atoms with Gasteiger partial charge in [-0.2, -0.15) is 4.98 Å². The highest BCUT2D eigenvalue weighted by atomic mass is 32.1. The number of nitrogens with one attached hydrogen (secondary N) is 2. The molecular weight excluding hydrogens is 376 g/mol. The first-order chi connectivity index (χ1) is 13.5. The number of hydrogen-bond donors (Lipinski definition) is 2. The maximum Gasteiger partial charge on any atom is 0.337 e. The molecule has 0 aliphatic rings. The van der Waals surface area contributed by atoms with Crippen LogP contribution in [0.15, 0.2) is 47.0 Å². The van der Waals surface area contributed by atoms with Crippen molar-refractivity contribution in [2.45, 2.75) is 20.4 Å². The number of nitrogens with zero attached hydrogens (tertiary/aromatic N) is 2. The highest BCUT2D eigenvalue weighted by Crippen LogP contribution is 2.18. The standard InChI is InChI=1S/C20H20N4O3S/c1-12-4-7-14(8-5-12)18-23-17(27-24-18)11-21-20(28)22-16-10-15(19(25)26-3)9-6-13(16)2/h4-10H,11H2,1-3H3,(H2,21,22,28). The Labute approximate surface area is 168 Å². The molecule has 0 atom stereocenters. The second-order valence-electron chi connectivity index (χ2n) is 6.21. The lowest BCUT2D eigenvalue weighted by molar-refractivity contribution is 0.0601. The van der Waals surface area contributed by atoms with Gasteiger partial charge in [0.05, 0.1) is 19.2 Å². The van der Waals surface area contributed by atoms with Crippen LogP contribution in [-0.4, -0.2) is 28.3 Å². The van der Waals surface area contributed by atoms with E-state index in [9.17, 15) is 4.79 Å². The zero-order valence-electron chi connectivity index (χ0n) is 15.8. The summed E-state index contributed by atoms with van der Waals surface area (Å²) in [6.45, 7) is 4.21. The zero-order chi connectivity index (χ0) is 20.1. The molecule has 0 amide bonds. The number of rotatable bonds is 5. The van der Waals surface area contributed by atoms with Crippen molar-refractivity contribution >= 4 is 29.0 Å². The second-order valence-corrected chi connectivity index (χ2v) is 6.61. The predicted molar refractivity (Wildman–Crippen MR) is 110 cm³/mol. The van der Waals surface area contributed by atoms with Gasteiger partial charge in [-0.05, 0) is 43.8 Å². The highest BCUT2D eigenvalue weighted by molar-refractivity contribution is 7.80. The highest BCUT2D eigenvalue weighted by Gasteiger charge is 2.11. The van der Waals surface area contributed by atoms with Crippen LogP contribution >= 0.6 is 12.2 Å². The fraction of sp³-hybridized carbons (Fsp3) is 0.200. The summed E-state index contributed by atoms with van der Waals surface area (Å²) < 4.78 is 10.0. The molecule has 0 fully saturated rings. The van der Waals surface area contributed by atoms with E-state index < -0.39 is 5.97 Å². The van der Waals surface area contributed by atoms with E-state index in [0.717, 1.165) is 16.7 Å². The van der Waals surface area contributed by atoms with Crippen LogP contribution in [0.3, 0.4) is 0 Å². The first kappa shape index (κ1) is 19.5. The van der Waals surface area contributed by atoms with Crippen LogP contribution in [0, 0.1) is 13.8 Å². The summed E-state index contributed by atoms with van der Waals surface area (Å²) in [5.74, 6) is 0.536. The van der Waals surface area contributed by atoms with Gasteiger partial charge in [-0.15, -0.1) is 0 Å². The van der Waals surface area contributed by atoms with Gasteiger partial charge in [0.2, 0.25) is 11.7 Å². The van der Waals surface area contributed by atoms with Crippen molar-refractivity contribution in [3.8, 4) is 11.4 Å². The van der Waals surface area contributed by atoms with E-state index in [1.807, 2.05) is 44.2 Å². The second kappa shape index (κ2) is 8.62. The summed E-state index contributed by atoms with van der Waals surface area (Å²) >= 11 is 5.32. The van der Waals surface area contributed by atoms with E-state index >= 15 is 0 Å². The normalized spacial score (nSPS) is 10.4. The van der Waals surface area contributed by atoms with Gasteiger partial charge in [0.1, 0.15) is 0 Å². The van der Waals surface area contributed by atoms with Crippen molar-refractivity contribution in [3.05, 3.63) is 65.0 Å². The average Bonchev–Trinajstić information content (AvgIpc) is 3.17. The number of esters is 1. The number of carbonyl (C=O) groups excluding carboxylic acids is 1. The monoisotopic (exact) mass is 396 g/mol. The SMILES string of the molecule is COC(=O)c1ccc(C)c(NC(=S)NCc2nc(-c3ccc(C)cc3)no2)c1. The lowest BCUT2D eigenvalue weighted by Crippen LogP contribution is -2.28. The Bertz CT molecular complexity index is 999. The molecule has 3 aromatic rings. The van der Waals surface area contributed by atoms with Crippen molar-refractivity contribution in [3.63, 3.8) is 0 Å². The van der Waals surface area contributed by atoms with Crippen LogP contribution in [0.2, 0.25) is 0 Å². The summed E-state index contributed by atoms with van der Waals surface area (Å²) in [7, 11) is 1.34. The van der Waals surface area contributed by atoms with Crippen LogP contribution in [0.4, 0.5) is 5.69 Å². The van der Waals surface area contributed by atoms with E-state index in [0.29, 0.717) is 28.1 Å². The van der Waals surface area contributed by atoms with Gasteiger partial charge in [-0.1, -0.05) is 41.1 Å². The summed E-state index contributed by atoms with van der Waals surface area (Å²) in [4.78, 5) is 16.1. The fourth-order valence-electron chi connectivity index (χ4n) is 2.47. The molecule has 2 aromatic carbocycles. The van der Waals surface area contributed by atoms with E-state index in [-0.39, 0.29) is 6.54 Å². The topological polar surface area (TPSA) is 89.3 Å². The van der Waals surface area contributed by atoms with E-state index in [4.69, 9.17) is 21.5 Å².